The van der Waals surface area contributed by atoms with Crippen LogP contribution in [0.3, 0.4) is 0 Å². The molecule has 2 unspecified atom stereocenters. The van der Waals surface area contributed by atoms with Crippen LogP contribution >= 0.6 is 23.4 Å². The second-order valence-corrected chi connectivity index (χ2v) is 6.59. The van der Waals surface area contributed by atoms with Gasteiger partial charge in [0.2, 0.25) is 5.91 Å². The molecule has 0 saturated heterocycles. The summed E-state index contributed by atoms with van der Waals surface area (Å²) in [6.07, 6.45) is 3.08. The van der Waals surface area contributed by atoms with Crippen molar-refractivity contribution in [2.45, 2.75) is 31.1 Å². The SMILES string of the molecule is O=C(CSCc1cccc(Cl)c1)NC1CCCC1CO. The number of hydrogen-bond donors (Lipinski definition) is 2. The Morgan fingerprint density at radius 2 is 2.30 bits per heavy atom. The lowest BCUT2D eigenvalue weighted by Gasteiger charge is -2.18. The maximum Gasteiger partial charge on any atom is 0.230 e. The Hall–Kier alpha value is -0.710. The van der Waals surface area contributed by atoms with Crippen molar-refractivity contribution in [3.05, 3.63) is 34.9 Å². The maximum absolute atomic E-state index is 11.9. The van der Waals surface area contributed by atoms with E-state index in [9.17, 15) is 9.90 Å². The molecule has 0 spiro atoms. The van der Waals surface area contributed by atoms with Gasteiger partial charge in [-0.05, 0) is 30.5 Å². The first-order valence-electron chi connectivity index (χ1n) is 6.91. The zero-order valence-corrected chi connectivity index (χ0v) is 12.9. The van der Waals surface area contributed by atoms with Crippen LogP contribution in [0.4, 0.5) is 0 Å². The number of hydrogen-bond acceptors (Lipinski definition) is 3. The van der Waals surface area contributed by atoms with Gasteiger partial charge in [0.1, 0.15) is 0 Å². The van der Waals surface area contributed by atoms with Crippen molar-refractivity contribution in [2.24, 2.45) is 5.92 Å². The van der Waals surface area contributed by atoms with Gasteiger partial charge in [-0.2, -0.15) is 0 Å². The molecule has 1 amide bonds. The molecule has 20 heavy (non-hydrogen) atoms. The Labute approximate surface area is 129 Å². The van der Waals surface area contributed by atoms with Gasteiger partial charge in [-0.3, -0.25) is 4.79 Å². The van der Waals surface area contributed by atoms with Gasteiger partial charge in [0, 0.05) is 29.3 Å². The molecule has 0 bridgehead atoms. The molecule has 1 aliphatic carbocycles. The highest BCUT2D eigenvalue weighted by Crippen LogP contribution is 2.25. The topological polar surface area (TPSA) is 49.3 Å². The van der Waals surface area contributed by atoms with Crippen LogP contribution in [0.1, 0.15) is 24.8 Å². The van der Waals surface area contributed by atoms with Crippen LogP contribution < -0.4 is 5.32 Å². The number of aliphatic hydroxyl groups is 1. The fourth-order valence-electron chi connectivity index (χ4n) is 2.58. The Kier molecular flexibility index (Phi) is 6.20. The van der Waals surface area contributed by atoms with Crippen molar-refractivity contribution in [1.29, 1.82) is 0 Å². The van der Waals surface area contributed by atoms with E-state index in [2.05, 4.69) is 5.32 Å². The summed E-state index contributed by atoms with van der Waals surface area (Å²) in [6, 6.07) is 7.85. The lowest BCUT2D eigenvalue weighted by molar-refractivity contribution is -0.119. The summed E-state index contributed by atoms with van der Waals surface area (Å²) in [4.78, 5) is 11.9. The highest BCUT2D eigenvalue weighted by Gasteiger charge is 2.27. The van der Waals surface area contributed by atoms with Gasteiger partial charge in [-0.15, -0.1) is 11.8 Å². The molecular weight excluding hydrogens is 294 g/mol. The van der Waals surface area contributed by atoms with Gasteiger partial charge in [-0.25, -0.2) is 0 Å². The van der Waals surface area contributed by atoms with Crippen molar-refractivity contribution in [1.82, 2.24) is 5.32 Å². The van der Waals surface area contributed by atoms with E-state index in [1.165, 1.54) is 0 Å². The van der Waals surface area contributed by atoms with E-state index in [1.54, 1.807) is 11.8 Å². The van der Waals surface area contributed by atoms with E-state index in [1.807, 2.05) is 24.3 Å². The van der Waals surface area contributed by atoms with Crippen LogP contribution in [-0.4, -0.2) is 29.4 Å². The minimum atomic E-state index is 0.0578. The number of halogens is 1. The number of thioether (sulfide) groups is 1. The molecule has 0 aromatic heterocycles. The van der Waals surface area contributed by atoms with Crippen LogP contribution in [0, 0.1) is 5.92 Å². The van der Waals surface area contributed by atoms with Crippen molar-refractivity contribution in [2.75, 3.05) is 12.4 Å². The molecule has 1 fully saturated rings. The van der Waals surface area contributed by atoms with Gasteiger partial charge in [0.05, 0.1) is 5.75 Å². The number of carbonyl (C=O) groups is 1. The maximum atomic E-state index is 11.9. The minimum Gasteiger partial charge on any atom is -0.396 e. The van der Waals surface area contributed by atoms with Crippen molar-refractivity contribution >= 4 is 29.3 Å². The molecule has 1 saturated carbocycles. The van der Waals surface area contributed by atoms with E-state index in [0.717, 1.165) is 35.6 Å². The minimum absolute atomic E-state index is 0.0578. The summed E-state index contributed by atoms with van der Waals surface area (Å²) in [5.41, 5.74) is 1.13. The molecule has 1 aromatic rings. The number of amides is 1. The average molecular weight is 314 g/mol. The van der Waals surface area contributed by atoms with Crippen LogP contribution in [0.5, 0.6) is 0 Å². The second-order valence-electron chi connectivity index (χ2n) is 5.17. The first-order chi connectivity index (χ1) is 9.69. The summed E-state index contributed by atoms with van der Waals surface area (Å²) in [5, 5.41) is 13.0. The van der Waals surface area contributed by atoms with Gasteiger partial charge >= 0.3 is 0 Å². The molecule has 1 aliphatic rings. The number of carbonyl (C=O) groups excluding carboxylic acids is 1. The zero-order valence-electron chi connectivity index (χ0n) is 11.3. The molecule has 0 aliphatic heterocycles. The van der Waals surface area contributed by atoms with Crippen molar-refractivity contribution < 1.29 is 9.90 Å². The summed E-state index contributed by atoms with van der Waals surface area (Å²) in [7, 11) is 0. The molecule has 2 N–H and O–H groups in total. The Morgan fingerprint density at radius 1 is 1.45 bits per heavy atom. The van der Waals surface area contributed by atoms with E-state index in [-0.39, 0.29) is 24.5 Å². The highest BCUT2D eigenvalue weighted by molar-refractivity contribution is 7.99. The van der Waals surface area contributed by atoms with Crippen molar-refractivity contribution in [3.63, 3.8) is 0 Å². The molecule has 110 valence electrons. The first kappa shape index (κ1) is 15.7. The summed E-state index contributed by atoms with van der Waals surface area (Å²) in [6.45, 7) is 0.167. The number of aliphatic hydroxyl groups excluding tert-OH is 1. The normalized spacial score (nSPS) is 21.9. The van der Waals surface area contributed by atoms with Gasteiger partial charge in [0.25, 0.3) is 0 Å². The number of rotatable bonds is 6. The second kappa shape index (κ2) is 7.91. The summed E-state index contributed by atoms with van der Waals surface area (Å²) < 4.78 is 0. The molecule has 0 radical (unpaired) electrons. The quantitative estimate of drug-likeness (QED) is 0.849. The van der Waals surface area contributed by atoms with Gasteiger partial charge in [0.15, 0.2) is 0 Å². The lowest BCUT2D eigenvalue weighted by atomic mass is 10.1. The van der Waals surface area contributed by atoms with E-state index >= 15 is 0 Å². The van der Waals surface area contributed by atoms with Gasteiger partial charge < -0.3 is 10.4 Å². The molecule has 0 heterocycles. The van der Waals surface area contributed by atoms with Gasteiger partial charge in [-0.1, -0.05) is 30.2 Å². The molecule has 2 atom stereocenters. The molecule has 5 heteroatoms. The number of benzene rings is 1. The Balaban J connectivity index is 1.70. The molecule has 1 aromatic carbocycles. The average Bonchev–Trinajstić information content (AvgIpc) is 2.86. The Bertz CT molecular complexity index is 455. The largest absolute Gasteiger partial charge is 0.396 e. The molecule has 3 nitrogen and oxygen atoms in total. The van der Waals surface area contributed by atoms with E-state index in [0.29, 0.717) is 5.75 Å². The van der Waals surface area contributed by atoms with E-state index in [4.69, 9.17) is 11.6 Å². The van der Waals surface area contributed by atoms with Crippen LogP contribution in [-0.2, 0) is 10.5 Å². The third-order valence-electron chi connectivity index (χ3n) is 3.63. The van der Waals surface area contributed by atoms with Crippen molar-refractivity contribution in [3.8, 4) is 0 Å². The number of nitrogens with one attached hydrogen (secondary N) is 1. The summed E-state index contributed by atoms with van der Waals surface area (Å²) in [5.74, 6) is 1.52. The molecular formula is C15H20ClNO2S. The fourth-order valence-corrected chi connectivity index (χ4v) is 3.58. The van der Waals surface area contributed by atoms with Crippen LogP contribution in [0.2, 0.25) is 5.02 Å². The first-order valence-corrected chi connectivity index (χ1v) is 8.44. The predicted molar refractivity (Wildman–Crippen MR) is 84.0 cm³/mol. The fraction of sp³-hybridized carbons (Fsp3) is 0.533. The third-order valence-corrected chi connectivity index (χ3v) is 4.87. The monoisotopic (exact) mass is 313 g/mol. The van der Waals surface area contributed by atoms with Crippen LogP contribution in [0.15, 0.2) is 24.3 Å². The molecule has 2 rings (SSSR count). The Morgan fingerprint density at radius 3 is 3.05 bits per heavy atom. The zero-order chi connectivity index (χ0) is 14.4. The van der Waals surface area contributed by atoms with E-state index < -0.39 is 0 Å². The third kappa shape index (κ3) is 4.69. The smallest absolute Gasteiger partial charge is 0.230 e. The lowest BCUT2D eigenvalue weighted by Crippen LogP contribution is -2.39. The van der Waals surface area contributed by atoms with Crippen LogP contribution in [0.25, 0.3) is 0 Å². The standard InChI is InChI=1S/C15H20ClNO2S/c16-13-5-1-3-11(7-13)9-20-10-15(19)17-14-6-2-4-12(14)8-18/h1,3,5,7,12,14,18H,2,4,6,8-10H2,(H,17,19). The highest BCUT2D eigenvalue weighted by atomic mass is 35.5. The predicted octanol–water partition coefficient (Wildman–Crippen LogP) is 2.85. The summed E-state index contributed by atoms with van der Waals surface area (Å²) >= 11 is 7.50.